The number of hydrogen-bond donors (Lipinski definition) is 2. The third-order valence-corrected chi connectivity index (χ3v) is 3.10. The molecule has 114 valence electrons. The normalized spacial score (nSPS) is 12.4. The largest absolute Gasteiger partial charge is 0.389 e. The van der Waals surface area contributed by atoms with Gasteiger partial charge < -0.3 is 15.2 Å². The lowest BCUT2D eigenvalue weighted by Gasteiger charge is -2.12. The Labute approximate surface area is 125 Å². The highest BCUT2D eigenvalue weighted by atomic mass is 16.5. The van der Waals surface area contributed by atoms with E-state index in [1.165, 1.54) is 0 Å². The van der Waals surface area contributed by atoms with Gasteiger partial charge in [-0.2, -0.15) is 5.10 Å². The predicted octanol–water partition coefficient (Wildman–Crippen LogP) is 1.44. The average Bonchev–Trinajstić information content (AvgIpc) is 3.01. The second-order valence-corrected chi connectivity index (χ2v) is 4.98. The van der Waals surface area contributed by atoms with Gasteiger partial charge in [-0.25, -0.2) is 0 Å². The Morgan fingerprint density at radius 3 is 2.86 bits per heavy atom. The van der Waals surface area contributed by atoms with Crippen LogP contribution in [0, 0.1) is 0 Å². The Kier molecular flexibility index (Phi) is 6.94. The molecule has 0 saturated heterocycles. The second kappa shape index (κ2) is 9.28. The summed E-state index contributed by atoms with van der Waals surface area (Å²) in [7, 11) is 0. The van der Waals surface area contributed by atoms with Crippen molar-refractivity contribution in [1.29, 1.82) is 0 Å². The summed E-state index contributed by atoms with van der Waals surface area (Å²) in [6, 6.07) is 11.9. The first-order valence-corrected chi connectivity index (χ1v) is 7.32. The Morgan fingerprint density at radius 1 is 1.24 bits per heavy atom. The second-order valence-electron chi connectivity index (χ2n) is 4.98. The molecule has 1 aromatic carbocycles. The van der Waals surface area contributed by atoms with Gasteiger partial charge in [-0.05, 0) is 24.6 Å². The van der Waals surface area contributed by atoms with E-state index < -0.39 is 6.10 Å². The summed E-state index contributed by atoms with van der Waals surface area (Å²) in [4.78, 5) is 0. The van der Waals surface area contributed by atoms with E-state index in [1.54, 1.807) is 6.20 Å². The summed E-state index contributed by atoms with van der Waals surface area (Å²) < 4.78 is 7.40. The molecular formula is C16H23N3O2. The van der Waals surface area contributed by atoms with Gasteiger partial charge in [-0.1, -0.05) is 30.3 Å². The van der Waals surface area contributed by atoms with Crippen LogP contribution in [0.2, 0.25) is 0 Å². The van der Waals surface area contributed by atoms with Crippen molar-refractivity contribution >= 4 is 0 Å². The number of aliphatic hydroxyl groups is 1. The predicted molar refractivity (Wildman–Crippen MR) is 81.8 cm³/mol. The van der Waals surface area contributed by atoms with Crippen molar-refractivity contribution in [2.24, 2.45) is 0 Å². The number of rotatable bonds is 10. The van der Waals surface area contributed by atoms with Gasteiger partial charge in [0.1, 0.15) is 0 Å². The maximum Gasteiger partial charge on any atom is 0.0897 e. The van der Waals surface area contributed by atoms with Crippen molar-refractivity contribution in [2.45, 2.75) is 25.7 Å². The fraction of sp³-hybridized carbons (Fsp3) is 0.438. The summed E-state index contributed by atoms with van der Waals surface area (Å²) in [5, 5.41) is 17.2. The monoisotopic (exact) mass is 289 g/mol. The van der Waals surface area contributed by atoms with Crippen LogP contribution in [0.15, 0.2) is 48.8 Å². The minimum absolute atomic E-state index is 0.348. The lowest BCUT2D eigenvalue weighted by molar-refractivity contribution is 0.0289. The zero-order chi connectivity index (χ0) is 14.8. The van der Waals surface area contributed by atoms with Crippen LogP contribution in [0.5, 0.6) is 0 Å². The van der Waals surface area contributed by atoms with E-state index in [0.717, 1.165) is 25.1 Å². The molecule has 0 bridgehead atoms. The lowest BCUT2D eigenvalue weighted by atomic mass is 10.2. The van der Waals surface area contributed by atoms with Crippen molar-refractivity contribution in [2.75, 3.05) is 19.7 Å². The van der Waals surface area contributed by atoms with Crippen LogP contribution in [-0.4, -0.2) is 40.7 Å². The third kappa shape index (κ3) is 6.53. The van der Waals surface area contributed by atoms with E-state index in [2.05, 4.69) is 10.4 Å². The highest BCUT2D eigenvalue weighted by Gasteiger charge is 2.03. The van der Waals surface area contributed by atoms with Gasteiger partial charge in [0.15, 0.2) is 0 Å². The molecule has 2 N–H and O–H groups in total. The van der Waals surface area contributed by atoms with E-state index in [9.17, 15) is 5.11 Å². The number of benzene rings is 1. The number of aromatic nitrogens is 2. The van der Waals surface area contributed by atoms with Crippen molar-refractivity contribution in [3.63, 3.8) is 0 Å². The molecule has 2 aromatic rings. The van der Waals surface area contributed by atoms with E-state index in [-0.39, 0.29) is 0 Å². The Balaban J connectivity index is 1.47. The maximum atomic E-state index is 9.81. The van der Waals surface area contributed by atoms with Crippen molar-refractivity contribution in [3.8, 4) is 0 Å². The quantitative estimate of drug-likeness (QED) is 0.650. The molecule has 0 aliphatic heterocycles. The minimum Gasteiger partial charge on any atom is -0.389 e. The average molecular weight is 289 g/mol. The maximum absolute atomic E-state index is 9.81. The van der Waals surface area contributed by atoms with Gasteiger partial charge in [0.25, 0.3) is 0 Å². The summed E-state index contributed by atoms with van der Waals surface area (Å²) in [6.07, 6.45) is 4.24. The molecule has 1 atom stereocenters. The molecule has 0 amide bonds. The van der Waals surface area contributed by atoms with Crippen LogP contribution in [-0.2, 0) is 17.9 Å². The molecule has 0 fully saturated rings. The van der Waals surface area contributed by atoms with Crippen LogP contribution in [0.25, 0.3) is 0 Å². The summed E-state index contributed by atoms with van der Waals surface area (Å²) in [6.45, 7) is 3.18. The van der Waals surface area contributed by atoms with Crippen LogP contribution in [0.1, 0.15) is 12.0 Å². The molecule has 0 saturated carbocycles. The molecule has 0 aliphatic rings. The molecule has 1 heterocycles. The number of nitrogens with zero attached hydrogens (tertiary/aromatic N) is 2. The van der Waals surface area contributed by atoms with E-state index in [1.807, 2.05) is 47.3 Å². The van der Waals surface area contributed by atoms with Crippen molar-refractivity contribution < 1.29 is 9.84 Å². The van der Waals surface area contributed by atoms with Gasteiger partial charge >= 0.3 is 0 Å². The summed E-state index contributed by atoms with van der Waals surface area (Å²) >= 11 is 0. The Bertz CT molecular complexity index is 474. The van der Waals surface area contributed by atoms with Crippen LogP contribution in [0.3, 0.4) is 0 Å². The first-order valence-electron chi connectivity index (χ1n) is 7.32. The zero-order valence-corrected chi connectivity index (χ0v) is 12.2. The SMILES string of the molecule is OC(CNCCCn1cccn1)COCc1ccccc1. The molecule has 0 aliphatic carbocycles. The van der Waals surface area contributed by atoms with E-state index in [0.29, 0.717) is 19.8 Å². The fourth-order valence-corrected chi connectivity index (χ4v) is 2.01. The van der Waals surface area contributed by atoms with Gasteiger partial charge in [0.2, 0.25) is 0 Å². The number of hydrogen-bond acceptors (Lipinski definition) is 4. The van der Waals surface area contributed by atoms with Crippen molar-refractivity contribution in [1.82, 2.24) is 15.1 Å². The van der Waals surface area contributed by atoms with E-state index >= 15 is 0 Å². The standard InChI is InChI=1S/C16H23N3O2/c20-16(14-21-13-15-6-2-1-3-7-15)12-17-8-4-10-19-11-5-9-18-19/h1-3,5-7,9,11,16-17,20H,4,8,10,12-14H2. The molecule has 0 spiro atoms. The smallest absolute Gasteiger partial charge is 0.0897 e. The van der Waals surface area contributed by atoms with Gasteiger partial charge in [0, 0.05) is 25.5 Å². The minimum atomic E-state index is -0.474. The number of ether oxygens (including phenoxy) is 1. The molecule has 5 heteroatoms. The molecule has 2 rings (SSSR count). The van der Waals surface area contributed by atoms with Crippen LogP contribution in [0.4, 0.5) is 0 Å². The summed E-state index contributed by atoms with van der Waals surface area (Å²) in [5.74, 6) is 0. The van der Waals surface area contributed by atoms with E-state index in [4.69, 9.17) is 4.74 Å². The third-order valence-electron chi connectivity index (χ3n) is 3.10. The van der Waals surface area contributed by atoms with Gasteiger partial charge in [-0.3, -0.25) is 4.68 Å². The first-order chi connectivity index (χ1) is 10.3. The highest BCUT2D eigenvalue weighted by Crippen LogP contribution is 2.00. The Morgan fingerprint density at radius 2 is 2.10 bits per heavy atom. The number of aryl methyl sites for hydroxylation is 1. The topological polar surface area (TPSA) is 59.3 Å². The Hall–Kier alpha value is -1.69. The molecule has 1 unspecified atom stereocenters. The molecular weight excluding hydrogens is 266 g/mol. The van der Waals surface area contributed by atoms with Gasteiger partial charge in [0.05, 0.1) is 19.3 Å². The fourth-order valence-electron chi connectivity index (χ4n) is 2.01. The molecule has 0 radical (unpaired) electrons. The molecule has 21 heavy (non-hydrogen) atoms. The lowest BCUT2D eigenvalue weighted by Crippen LogP contribution is -2.31. The summed E-state index contributed by atoms with van der Waals surface area (Å²) in [5.41, 5.74) is 1.12. The number of aliphatic hydroxyl groups excluding tert-OH is 1. The van der Waals surface area contributed by atoms with Crippen LogP contribution >= 0.6 is 0 Å². The number of nitrogens with one attached hydrogen (secondary N) is 1. The molecule has 5 nitrogen and oxygen atoms in total. The zero-order valence-electron chi connectivity index (χ0n) is 12.2. The van der Waals surface area contributed by atoms with Crippen LogP contribution < -0.4 is 5.32 Å². The van der Waals surface area contributed by atoms with Gasteiger partial charge in [-0.15, -0.1) is 0 Å². The highest BCUT2D eigenvalue weighted by molar-refractivity contribution is 5.13. The molecule has 1 aromatic heterocycles. The van der Waals surface area contributed by atoms with Crippen molar-refractivity contribution in [3.05, 3.63) is 54.4 Å². The first kappa shape index (κ1) is 15.7.